The molecule has 2 rings (SSSR count). The number of nitriles is 1. The Balaban J connectivity index is 2.30. The summed E-state index contributed by atoms with van der Waals surface area (Å²) in [5, 5.41) is 20.4. The normalized spacial score (nSPS) is 10.2. The van der Waals surface area contributed by atoms with Crippen molar-refractivity contribution >= 4 is 17.0 Å². The van der Waals surface area contributed by atoms with Gasteiger partial charge in [0.15, 0.2) is 0 Å². The number of nitrogens with zero attached hydrogens (tertiary/aromatic N) is 2. The average molecular weight is 272 g/mol. The van der Waals surface area contributed by atoms with E-state index in [1.807, 2.05) is 18.2 Å². The minimum absolute atomic E-state index is 0.0357. The van der Waals surface area contributed by atoms with Gasteiger partial charge in [-0.3, -0.25) is 0 Å². The molecule has 19 heavy (non-hydrogen) atoms. The zero-order valence-electron chi connectivity index (χ0n) is 10.8. The fourth-order valence-corrected chi connectivity index (χ4v) is 2.72. The third-order valence-electron chi connectivity index (χ3n) is 3.01. The molecule has 1 N–H and O–H groups in total. The van der Waals surface area contributed by atoms with Gasteiger partial charge in [-0.15, -0.1) is 11.3 Å². The number of aliphatic hydroxyl groups excluding tert-OH is 1. The molecule has 2 aromatic rings. The molecule has 0 bridgehead atoms. The number of anilines is 1. The summed E-state index contributed by atoms with van der Waals surface area (Å²) < 4.78 is 0. The van der Waals surface area contributed by atoms with Crippen molar-refractivity contribution in [1.29, 1.82) is 5.26 Å². The maximum absolute atomic E-state index is 9.25. The third kappa shape index (κ3) is 3.14. The van der Waals surface area contributed by atoms with Crippen molar-refractivity contribution in [1.82, 2.24) is 0 Å². The number of benzene rings is 1. The summed E-state index contributed by atoms with van der Waals surface area (Å²) in [5.41, 5.74) is 2.31. The Labute approximate surface area is 117 Å². The summed E-state index contributed by atoms with van der Waals surface area (Å²) in [5.74, 6) is 0. The van der Waals surface area contributed by atoms with Gasteiger partial charge in [0.1, 0.15) is 6.07 Å². The summed E-state index contributed by atoms with van der Waals surface area (Å²) in [6, 6.07) is 11.9. The molecule has 0 radical (unpaired) electrons. The molecule has 4 heteroatoms. The smallest absolute Gasteiger partial charge is 0.101 e. The molecule has 1 heterocycles. The molecule has 0 amide bonds. The molecule has 1 aromatic heterocycles. The SMILES string of the molecule is CCN(Cc1cccs1)c1ccc(CO)cc1C#N. The van der Waals surface area contributed by atoms with Crippen LogP contribution in [-0.2, 0) is 13.2 Å². The van der Waals surface area contributed by atoms with Crippen LogP contribution < -0.4 is 4.90 Å². The lowest BCUT2D eigenvalue weighted by atomic mass is 10.1. The minimum atomic E-state index is -0.0357. The van der Waals surface area contributed by atoms with Gasteiger partial charge < -0.3 is 10.0 Å². The number of hydrogen-bond acceptors (Lipinski definition) is 4. The highest BCUT2D eigenvalue weighted by Crippen LogP contribution is 2.24. The average Bonchev–Trinajstić information content (AvgIpc) is 2.97. The number of rotatable bonds is 5. The van der Waals surface area contributed by atoms with Crippen LogP contribution in [0.25, 0.3) is 0 Å². The molecule has 0 saturated carbocycles. The first kappa shape index (κ1) is 13.6. The molecule has 0 aliphatic heterocycles. The van der Waals surface area contributed by atoms with E-state index in [-0.39, 0.29) is 6.61 Å². The van der Waals surface area contributed by atoms with Crippen LogP contribution in [0.4, 0.5) is 5.69 Å². The van der Waals surface area contributed by atoms with Crippen LogP contribution in [0.15, 0.2) is 35.7 Å². The largest absolute Gasteiger partial charge is 0.392 e. The predicted molar refractivity (Wildman–Crippen MR) is 78.1 cm³/mol. The van der Waals surface area contributed by atoms with Crippen molar-refractivity contribution in [3.05, 3.63) is 51.7 Å². The summed E-state index contributed by atoms with van der Waals surface area (Å²) in [6.07, 6.45) is 0. The van der Waals surface area contributed by atoms with E-state index in [0.717, 1.165) is 24.3 Å². The number of aliphatic hydroxyl groups is 1. The molecule has 0 saturated heterocycles. The Bertz CT molecular complexity index is 572. The van der Waals surface area contributed by atoms with E-state index in [1.165, 1.54) is 4.88 Å². The number of hydrogen-bond donors (Lipinski definition) is 1. The Morgan fingerprint density at radius 3 is 2.79 bits per heavy atom. The van der Waals surface area contributed by atoms with Gasteiger partial charge in [0.2, 0.25) is 0 Å². The van der Waals surface area contributed by atoms with Crippen LogP contribution in [0.3, 0.4) is 0 Å². The summed E-state index contributed by atoms with van der Waals surface area (Å²) in [6.45, 7) is 3.69. The Kier molecular flexibility index (Phi) is 4.56. The molecule has 0 spiro atoms. The van der Waals surface area contributed by atoms with E-state index < -0.39 is 0 Å². The van der Waals surface area contributed by atoms with Crippen molar-refractivity contribution in [2.75, 3.05) is 11.4 Å². The molecular weight excluding hydrogens is 256 g/mol. The van der Waals surface area contributed by atoms with Crippen molar-refractivity contribution in [3.8, 4) is 6.07 Å². The van der Waals surface area contributed by atoms with E-state index >= 15 is 0 Å². The molecule has 3 nitrogen and oxygen atoms in total. The van der Waals surface area contributed by atoms with Crippen LogP contribution >= 0.6 is 11.3 Å². The van der Waals surface area contributed by atoms with Crippen molar-refractivity contribution in [2.24, 2.45) is 0 Å². The van der Waals surface area contributed by atoms with Crippen LogP contribution in [-0.4, -0.2) is 11.7 Å². The zero-order chi connectivity index (χ0) is 13.7. The summed E-state index contributed by atoms with van der Waals surface area (Å²) >= 11 is 1.72. The van der Waals surface area contributed by atoms with Crippen LogP contribution in [0.1, 0.15) is 22.9 Å². The predicted octanol–water partition coefficient (Wildman–Crippen LogP) is 3.14. The van der Waals surface area contributed by atoms with E-state index in [0.29, 0.717) is 5.56 Å². The quantitative estimate of drug-likeness (QED) is 0.909. The standard InChI is InChI=1S/C15H16N2OS/c1-2-17(10-14-4-3-7-19-14)15-6-5-12(11-18)8-13(15)9-16/h3-8,18H,2,10-11H2,1H3. The second kappa shape index (κ2) is 6.37. The first-order valence-electron chi connectivity index (χ1n) is 6.19. The van der Waals surface area contributed by atoms with Crippen molar-refractivity contribution < 1.29 is 5.11 Å². The molecule has 0 aliphatic rings. The summed E-state index contributed by atoms with van der Waals surface area (Å²) in [4.78, 5) is 3.45. The monoisotopic (exact) mass is 272 g/mol. The van der Waals surface area contributed by atoms with Crippen LogP contribution in [0.2, 0.25) is 0 Å². The molecular formula is C15H16N2OS. The lowest BCUT2D eigenvalue weighted by Crippen LogP contribution is -2.22. The molecule has 0 atom stereocenters. The van der Waals surface area contributed by atoms with Gasteiger partial charge in [-0.25, -0.2) is 0 Å². The van der Waals surface area contributed by atoms with Crippen LogP contribution in [0, 0.1) is 11.3 Å². The number of thiophene rings is 1. The second-order valence-corrected chi connectivity index (χ2v) is 5.25. The maximum atomic E-state index is 9.25. The zero-order valence-corrected chi connectivity index (χ0v) is 11.7. The first-order chi connectivity index (χ1) is 9.28. The lowest BCUT2D eigenvalue weighted by molar-refractivity contribution is 0.282. The van der Waals surface area contributed by atoms with Crippen molar-refractivity contribution in [3.63, 3.8) is 0 Å². The topological polar surface area (TPSA) is 47.3 Å². The van der Waals surface area contributed by atoms with Crippen molar-refractivity contribution in [2.45, 2.75) is 20.1 Å². The maximum Gasteiger partial charge on any atom is 0.101 e. The van der Waals surface area contributed by atoms with E-state index in [1.54, 1.807) is 17.4 Å². The molecule has 98 valence electrons. The first-order valence-corrected chi connectivity index (χ1v) is 7.07. The second-order valence-electron chi connectivity index (χ2n) is 4.21. The minimum Gasteiger partial charge on any atom is -0.392 e. The van der Waals surface area contributed by atoms with Crippen LogP contribution in [0.5, 0.6) is 0 Å². The fraction of sp³-hybridized carbons (Fsp3) is 0.267. The van der Waals surface area contributed by atoms with Gasteiger partial charge in [-0.1, -0.05) is 12.1 Å². The van der Waals surface area contributed by atoms with Gasteiger partial charge in [-0.05, 0) is 36.1 Å². The van der Waals surface area contributed by atoms with Gasteiger partial charge >= 0.3 is 0 Å². The van der Waals surface area contributed by atoms with Gasteiger partial charge in [0.05, 0.1) is 24.4 Å². The van der Waals surface area contributed by atoms with E-state index in [4.69, 9.17) is 5.11 Å². The Morgan fingerprint density at radius 2 is 2.21 bits per heavy atom. The Hall–Kier alpha value is -1.83. The third-order valence-corrected chi connectivity index (χ3v) is 3.87. The highest BCUT2D eigenvalue weighted by molar-refractivity contribution is 7.09. The van der Waals surface area contributed by atoms with E-state index in [9.17, 15) is 5.26 Å². The molecule has 0 fully saturated rings. The molecule has 0 aliphatic carbocycles. The highest BCUT2D eigenvalue weighted by Gasteiger charge is 2.11. The van der Waals surface area contributed by atoms with Gasteiger partial charge in [-0.2, -0.15) is 5.26 Å². The molecule has 0 unspecified atom stereocenters. The summed E-state index contributed by atoms with van der Waals surface area (Å²) in [7, 11) is 0. The highest BCUT2D eigenvalue weighted by atomic mass is 32.1. The Morgan fingerprint density at radius 1 is 1.37 bits per heavy atom. The van der Waals surface area contributed by atoms with Gasteiger partial charge in [0, 0.05) is 11.4 Å². The van der Waals surface area contributed by atoms with E-state index in [2.05, 4.69) is 29.3 Å². The van der Waals surface area contributed by atoms with Gasteiger partial charge in [0.25, 0.3) is 0 Å². The fourth-order valence-electron chi connectivity index (χ4n) is 2.00. The molecule has 1 aromatic carbocycles. The lowest BCUT2D eigenvalue weighted by Gasteiger charge is -2.23.